The van der Waals surface area contributed by atoms with Crippen LogP contribution in [0.1, 0.15) is 10.4 Å². The lowest BCUT2D eigenvalue weighted by Crippen LogP contribution is -2.13. The number of nitrogens with zero attached hydrogens (tertiary/aromatic N) is 5. The van der Waals surface area contributed by atoms with Crippen LogP contribution < -0.4 is 5.32 Å². The summed E-state index contributed by atoms with van der Waals surface area (Å²) < 4.78 is 1.68. The van der Waals surface area contributed by atoms with E-state index in [9.17, 15) is 14.9 Å². The average Bonchev–Trinajstić information content (AvgIpc) is 3.48. The van der Waals surface area contributed by atoms with E-state index in [1.54, 1.807) is 34.1 Å². The van der Waals surface area contributed by atoms with Crippen LogP contribution in [0.25, 0.3) is 27.6 Å². The van der Waals surface area contributed by atoms with Crippen molar-refractivity contribution in [1.82, 2.24) is 19.8 Å². The smallest absolute Gasteiger partial charge is 0.270 e. The number of halogens is 1. The van der Waals surface area contributed by atoms with Crippen molar-refractivity contribution in [3.05, 3.63) is 92.8 Å². The predicted octanol–water partition coefficient (Wildman–Crippen LogP) is 5.33. The number of aromatic nitrogens is 4. The van der Waals surface area contributed by atoms with E-state index in [2.05, 4.69) is 20.6 Å². The van der Waals surface area contributed by atoms with E-state index in [-0.39, 0.29) is 16.3 Å². The van der Waals surface area contributed by atoms with Gasteiger partial charge in [-0.05, 0) is 41.8 Å². The van der Waals surface area contributed by atoms with Crippen LogP contribution in [0, 0.1) is 10.1 Å². The van der Waals surface area contributed by atoms with Gasteiger partial charge >= 0.3 is 0 Å². The van der Waals surface area contributed by atoms with Gasteiger partial charge in [0.15, 0.2) is 11.5 Å². The molecule has 11 heteroatoms. The lowest BCUT2D eigenvalue weighted by atomic mass is 10.1. The molecule has 9 nitrogen and oxygen atoms in total. The number of nitro benzene ring substituents is 1. The number of amides is 1. The number of non-ortho nitro benzene ring substituents is 1. The highest BCUT2D eigenvalue weighted by Gasteiger charge is 2.17. The fraction of sp³-hybridized carbons (Fsp3) is 0. The van der Waals surface area contributed by atoms with E-state index in [1.165, 1.54) is 12.1 Å². The van der Waals surface area contributed by atoms with Crippen LogP contribution in [-0.4, -0.2) is 30.6 Å². The number of nitro groups is 1. The van der Waals surface area contributed by atoms with Gasteiger partial charge in [-0.3, -0.25) is 14.9 Å². The first-order valence-corrected chi connectivity index (χ1v) is 10.9. The second-order valence-corrected chi connectivity index (χ2v) is 8.30. The number of hydrogen-bond acceptors (Lipinski definition) is 7. The molecule has 0 fully saturated rings. The summed E-state index contributed by atoms with van der Waals surface area (Å²) in [6.45, 7) is 0. The second-order valence-electron chi connectivity index (χ2n) is 6.95. The monoisotopic (exact) mass is 476 g/mol. The number of nitrogens with one attached hydrogen (secondary N) is 1. The van der Waals surface area contributed by atoms with Gasteiger partial charge in [0, 0.05) is 23.4 Å². The van der Waals surface area contributed by atoms with Crippen molar-refractivity contribution in [2.45, 2.75) is 0 Å². The number of benzene rings is 2. The third kappa shape index (κ3) is 4.04. The Morgan fingerprint density at radius 2 is 1.94 bits per heavy atom. The largest absolute Gasteiger partial charge is 0.322 e. The SMILES string of the molecule is O=C(Nc1cccc(-c2ccc3nnc(-c4cccs4)n3n2)c1)c1cc([N+](=O)[O-])ccc1Cl. The van der Waals surface area contributed by atoms with Crippen molar-refractivity contribution in [2.24, 2.45) is 0 Å². The van der Waals surface area contributed by atoms with Crippen molar-refractivity contribution >= 4 is 45.9 Å². The Bertz CT molecular complexity index is 1520. The maximum absolute atomic E-state index is 12.7. The summed E-state index contributed by atoms with van der Waals surface area (Å²) in [6.07, 6.45) is 0. The average molecular weight is 477 g/mol. The van der Waals surface area contributed by atoms with Crippen molar-refractivity contribution in [1.29, 1.82) is 0 Å². The molecule has 0 aliphatic heterocycles. The van der Waals surface area contributed by atoms with Crippen molar-refractivity contribution in [2.75, 3.05) is 5.32 Å². The fourth-order valence-corrected chi connectivity index (χ4v) is 4.15. The second kappa shape index (κ2) is 8.41. The molecule has 1 N–H and O–H groups in total. The van der Waals surface area contributed by atoms with Gasteiger partial charge in [0.2, 0.25) is 0 Å². The number of fused-ring (bicyclic) bond motifs is 1. The molecule has 3 heterocycles. The van der Waals surface area contributed by atoms with E-state index >= 15 is 0 Å². The molecule has 0 bridgehead atoms. The van der Waals surface area contributed by atoms with E-state index in [0.717, 1.165) is 16.5 Å². The first-order valence-electron chi connectivity index (χ1n) is 9.62. The Morgan fingerprint density at radius 1 is 1.06 bits per heavy atom. The molecule has 3 aromatic heterocycles. The van der Waals surface area contributed by atoms with Crippen LogP contribution >= 0.6 is 22.9 Å². The lowest BCUT2D eigenvalue weighted by Gasteiger charge is -2.09. The van der Waals surface area contributed by atoms with Crippen LogP contribution in [0.5, 0.6) is 0 Å². The number of hydrogen-bond donors (Lipinski definition) is 1. The molecule has 0 aliphatic rings. The third-order valence-corrected chi connectivity index (χ3v) is 6.02. The molecule has 33 heavy (non-hydrogen) atoms. The Hall–Kier alpha value is -4.15. The Labute approximate surface area is 195 Å². The molecule has 0 saturated carbocycles. The van der Waals surface area contributed by atoms with Gasteiger partial charge in [0.1, 0.15) is 0 Å². The van der Waals surface area contributed by atoms with E-state index < -0.39 is 10.8 Å². The standard InChI is InChI=1S/C22H13ClN6O3S/c23-17-7-6-15(29(31)32)12-16(17)22(30)24-14-4-1-3-13(11-14)18-8-9-20-25-26-21(28(20)27-18)19-5-2-10-33-19/h1-12H,(H,24,30). The highest BCUT2D eigenvalue weighted by Crippen LogP contribution is 2.27. The lowest BCUT2D eigenvalue weighted by molar-refractivity contribution is -0.384. The molecule has 0 radical (unpaired) electrons. The molecule has 162 valence electrons. The molecule has 5 rings (SSSR count). The minimum absolute atomic E-state index is 0.0147. The summed E-state index contributed by atoms with van der Waals surface area (Å²) in [5.74, 6) is 0.0923. The van der Waals surface area contributed by atoms with Gasteiger partial charge < -0.3 is 5.32 Å². The quantitative estimate of drug-likeness (QED) is 0.270. The zero-order chi connectivity index (χ0) is 22.9. The van der Waals surface area contributed by atoms with Gasteiger partial charge in [0.05, 0.1) is 26.1 Å². The molecule has 0 atom stereocenters. The molecule has 0 aliphatic carbocycles. The molecular weight excluding hydrogens is 464 g/mol. The van der Waals surface area contributed by atoms with Crippen LogP contribution in [0.4, 0.5) is 11.4 Å². The van der Waals surface area contributed by atoms with Crippen molar-refractivity contribution in [3.63, 3.8) is 0 Å². The number of anilines is 1. The van der Waals surface area contributed by atoms with Gasteiger partial charge in [0.25, 0.3) is 11.6 Å². The van der Waals surface area contributed by atoms with Crippen LogP contribution in [0.3, 0.4) is 0 Å². The minimum Gasteiger partial charge on any atom is -0.322 e. The Morgan fingerprint density at radius 3 is 2.73 bits per heavy atom. The van der Waals surface area contributed by atoms with Gasteiger partial charge in [-0.15, -0.1) is 21.5 Å². The van der Waals surface area contributed by atoms with Crippen LogP contribution in [0.2, 0.25) is 5.02 Å². The molecule has 0 saturated heterocycles. The highest BCUT2D eigenvalue weighted by molar-refractivity contribution is 7.13. The number of rotatable bonds is 5. The maximum Gasteiger partial charge on any atom is 0.270 e. The third-order valence-electron chi connectivity index (χ3n) is 4.83. The molecule has 0 spiro atoms. The Kier molecular flexibility index (Phi) is 5.29. The summed E-state index contributed by atoms with van der Waals surface area (Å²) in [6, 6.07) is 18.3. The number of carbonyl (C=O) groups is 1. The van der Waals surface area contributed by atoms with Crippen molar-refractivity contribution in [3.8, 4) is 22.0 Å². The summed E-state index contributed by atoms with van der Waals surface area (Å²) in [5.41, 5.74) is 2.32. The van der Waals surface area contributed by atoms with Crippen LogP contribution in [-0.2, 0) is 0 Å². The van der Waals surface area contributed by atoms with Gasteiger partial charge in [-0.2, -0.15) is 9.61 Å². The highest BCUT2D eigenvalue weighted by atomic mass is 35.5. The van der Waals surface area contributed by atoms with Crippen molar-refractivity contribution < 1.29 is 9.72 Å². The van der Waals surface area contributed by atoms with E-state index in [0.29, 0.717) is 22.9 Å². The minimum atomic E-state index is -0.578. The Balaban J connectivity index is 1.46. The van der Waals surface area contributed by atoms with E-state index in [1.807, 2.05) is 35.7 Å². The molecule has 0 unspecified atom stereocenters. The number of carbonyl (C=O) groups excluding carboxylic acids is 1. The number of thiophene rings is 1. The summed E-state index contributed by atoms with van der Waals surface area (Å²) >= 11 is 7.63. The zero-order valence-corrected chi connectivity index (χ0v) is 18.2. The van der Waals surface area contributed by atoms with Gasteiger partial charge in [-0.25, -0.2) is 0 Å². The summed E-state index contributed by atoms with van der Waals surface area (Å²) in [4.78, 5) is 24.1. The topological polar surface area (TPSA) is 115 Å². The normalized spacial score (nSPS) is 10.9. The molecular formula is C22H13ClN6O3S. The predicted molar refractivity (Wildman–Crippen MR) is 126 cm³/mol. The van der Waals surface area contributed by atoms with E-state index in [4.69, 9.17) is 11.6 Å². The molecule has 2 aromatic carbocycles. The fourth-order valence-electron chi connectivity index (χ4n) is 3.26. The molecule has 5 aromatic rings. The summed E-state index contributed by atoms with van der Waals surface area (Å²) in [5, 5.41) is 28.9. The maximum atomic E-state index is 12.7. The first-order chi connectivity index (χ1) is 16.0. The van der Waals surface area contributed by atoms with Crippen LogP contribution in [0.15, 0.2) is 72.1 Å². The summed E-state index contributed by atoms with van der Waals surface area (Å²) in [7, 11) is 0. The molecule has 1 amide bonds. The first kappa shape index (κ1) is 20.7. The van der Waals surface area contributed by atoms with Gasteiger partial charge in [-0.1, -0.05) is 29.8 Å². The zero-order valence-electron chi connectivity index (χ0n) is 16.7.